The third kappa shape index (κ3) is 7.76. The highest BCUT2D eigenvalue weighted by atomic mass is 35.5. The van der Waals surface area contributed by atoms with E-state index in [-0.39, 0.29) is 23.3 Å². The Hall–Kier alpha value is -2.78. The van der Waals surface area contributed by atoms with Crippen molar-refractivity contribution in [3.8, 4) is 17.4 Å². The number of carbonyl (C=O) groups is 1. The fourth-order valence-electron chi connectivity index (χ4n) is 2.33. The molecule has 0 bridgehead atoms. The molecule has 0 saturated carbocycles. The number of hydrogen-bond acceptors (Lipinski definition) is 6. The van der Waals surface area contributed by atoms with Gasteiger partial charge in [0.25, 0.3) is 0 Å². The summed E-state index contributed by atoms with van der Waals surface area (Å²) in [5.74, 6) is -0.155. The highest BCUT2D eigenvalue weighted by Gasteiger charge is 2.31. The Morgan fingerprint density at radius 2 is 2.00 bits per heavy atom. The molecule has 2 aromatic rings. The van der Waals surface area contributed by atoms with Crippen molar-refractivity contribution < 1.29 is 36.9 Å². The molecular formula is C21H21ClF3NO5. The molecule has 1 heterocycles. The number of esters is 1. The molecule has 168 valence electrons. The number of alkyl halides is 3. The summed E-state index contributed by atoms with van der Waals surface area (Å²) in [5, 5.41) is -0.318. The smallest absolute Gasteiger partial charge is 0.417 e. The number of ether oxygens (including phenoxy) is 4. The van der Waals surface area contributed by atoms with Gasteiger partial charge in [0.15, 0.2) is 0 Å². The van der Waals surface area contributed by atoms with Crippen LogP contribution in [-0.4, -0.2) is 37.9 Å². The van der Waals surface area contributed by atoms with E-state index < -0.39 is 17.7 Å². The highest BCUT2D eigenvalue weighted by Crippen LogP contribution is 2.36. The van der Waals surface area contributed by atoms with Gasteiger partial charge in [-0.1, -0.05) is 11.6 Å². The maximum atomic E-state index is 12.8. The van der Waals surface area contributed by atoms with E-state index in [1.807, 2.05) is 0 Å². The summed E-state index contributed by atoms with van der Waals surface area (Å²) < 4.78 is 59.6. The molecule has 2 rings (SSSR count). The summed E-state index contributed by atoms with van der Waals surface area (Å²) in [6, 6.07) is 5.53. The van der Waals surface area contributed by atoms with Crippen molar-refractivity contribution in [2.45, 2.75) is 19.5 Å². The van der Waals surface area contributed by atoms with Crippen LogP contribution >= 0.6 is 11.6 Å². The Morgan fingerprint density at radius 3 is 2.65 bits per heavy atom. The molecule has 0 saturated heterocycles. The van der Waals surface area contributed by atoms with Crippen LogP contribution in [-0.2, 0) is 20.4 Å². The van der Waals surface area contributed by atoms with Gasteiger partial charge in [0, 0.05) is 44.0 Å². The van der Waals surface area contributed by atoms with Crippen molar-refractivity contribution in [3.05, 3.63) is 52.7 Å². The van der Waals surface area contributed by atoms with Crippen molar-refractivity contribution in [2.75, 3.05) is 26.9 Å². The number of pyridine rings is 1. The molecule has 0 N–H and O–H groups in total. The lowest BCUT2D eigenvalue weighted by Crippen LogP contribution is -2.06. The monoisotopic (exact) mass is 459 g/mol. The molecule has 0 aliphatic heterocycles. The van der Waals surface area contributed by atoms with Crippen molar-refractivity contribution in [1.82, 2.24) is 4.98 Å². The minimum Gasteiger partial charge on any atom is -0.493 e. The number of carbonyl (C=O) groups excluding carboxylic acids is 1. The predicted octanol–water partition coefficient (Wildman–Crippen LogP) is 5.54. The first-order chi connectivity index (χ1) is 14.7. The largest absolute Gasteiger partial charge is 0.493 e. The quantitative estimate of drug-likeness (QED) is 0.264. The summed E-state index contributed by atoms with van der Waals surface area (Å²) in [7, 11) is 1.58. The topological polar surface area (TPSA) is 66.9 Å². The maximum Gasteiger partial charge on any atom is 0.417 e. The van der Waals surface area contributed by atoms with Crippen molar-refractivity contribution >= 4 is 23.6 Å². The van der Waals surface area contributed by atoms with E-state index in [2.05, 4.69) is 4.98 Å². The first-order valence-corrected chi connectivity index (χ1v) is 9.63. The molecule has 1 aromatic carbocycles. The summed E-state index contributed by atoms with van der Waals surface area (Å²) in [5.41, 5.74) is -0.558. The molecule has 0 radical (unpaired) electrons. The van der Waals surface area contributed by atoms with Gasteiger partial charge in [-0.3, -0.25) is 0 Å². The summed E-state index contributed by atoms with van der Waals surface area (Å²) >= 11 is 5.94. The number of methoxy groups -OCH3 is 1. The maximum absolute atomic E-state index is 12.8. The van der Waals surface area contributed by atoms with E-state index in [1.165, 1.54) is 18.2 Å². The summed E-state index contributed by atoms with van der Waals surface area (Å²) in [6.45, 7) is 2.79. The predicted molar refractivity (Wildman–Crippen MR) is 108 cm³/mol. The number of nitrogens with zero attached hydrogens (tertiary/aromatic N) is 1. The zero-order valence-corrected chi connectivity index (χ0v) is 17.6. The van der Waals surface area contributed by atoms with E-state index in [0.717, 1.165) is 6.07 Å². The Kier molecular flexibility index (Phi) is 9.14. The fraction of sp³-hybridized carbons (Fsp3) is 0.333. The van der Waals surface area contributed by atoms with Crippen molar-refractivity contribution in [1.29, 1.82) is 0 Å². The molecule has 0 spiro atoms. The van der Waals surface area contributed by atoms with Crippen LogP contribution in [0.2, 0.25) is 5.02 Å². The van der Waals surface area contributed by atoms with E-state index in [0.29, 0.717) is 37.1 Å². The SMILES string of the molecule is CCOC(=O)/C=C/c1ccc(OCCCOC)cc1Oc1ncc(C(F)(F)F)cc1Cl. The van der Waals surface area contributed by atoms with Crippen LogP contribution in [0.15, 0.2) is 36.5 Å². The highest BCUT2D eigenvalue weighted by molar-refractivity contribution is 6.31. The number of aromatic nitrogens is 1. The van der Waals surface area contributed by atoms with Crippen LogP contribution in [0.25, 0.3) is 6.08 Å². The molecule has 6 nitrogen and oxygen atoms in total. The molecule has 0 fully saturated rings. The summed E-state index contributed by atoms with van der Waals surface area (Å²) in [4.78, 5) is 15.3. The molecule has 0 atom stereocenters. The lowest BCUT2D eigenvalue weighted by atomic mass is 10.1. The number of hydrogen-bond donors (Lipinski definition) is 0. The zero-order valence-electron chi connectivity index (χ0n) is 16.9. The number of benzene rings is 1. The molecular weight excluding hydrogens is 439 g/mol. The number of halogens is 4. The molecule has 0 amide bonds. The molecule has 1 aromatic heterocycles. The second kappa shape index (κ2) is 11.6. The van der Waals surface area contributed by atoms with Crippen LogP contribution < -0.4 is 9.47 Å². The normalized spacial score (nSPS) is 11.5. The Morgan fingerprint density at radius 1 is 1.23 bits per heavy atom. The second-order valence-electron chi connectivity index (χ2n) is 6.09. The van der Waals surface area contributed by atoms with Crippen LogP contribution in [0.1, 0.15) is 24.5 Å². The van der Waals surface area contributed by atoms with E-state index in [9.17, 15) is 18.0 Å². The van der Waals surface area contributed by atoms with Gasteiger partial charge < -0.3 is 18.9 Å². The van der Waals surface area contributed by atoms with E-state index >= 15 is 0 Å². The Bertz CT molecular complexity index is 918. The van der Waals surface area contributed by atoms with Gasteiger partial charge in [0.1, 0.15) is 16.5 Å². The van der Waals surface area contributed by atoms with Gasteiger partial charge in [-0.25, -0.2) is 9.78 Å². The van der Waals surface area contributed by atoms with Gasteiger partial charge in [-0.05, 0) is 31.2 Å². The minimum atomic E-state index is -4.58. The number of rotatable bonds is 10. The first kappa shape index (κ1) is 24.5. The van der Waals surface area contributed by atoms with Gasteiger partial charge in [-0.15, -0.1) is 0 Å². The van der Waals surface area contributed by atoms with Crippen LogP contribution in [0.4, 0.5) is 13.2 Å². The van der Waals surface area contributed by atoms with Crippen molar-refractivity contribution in [2.24, 2.45) is 0 Å². The molecule has 31 heavy (non-hydrogen) atoms. The summed E-state index contributed by atoms with van der Waals surface area (Å²) in [6.07, 6.45) is -0.658. The third-order valence-electron chi connectivity index (χ3n) is 3.77. The Balaban J connectivity index is 2.31. The molecule has 0 aliphatic rings. The lowest BCUT2D eigenvalue weighted by molar-refractivity contribution is -0.138. The molecule has 10 heteroatoms. The first-order valence-electron chi connectivity index (χ1n) is 9.25. The third-order valence-corrected chi connectivity index (χ3v) is 4.04. The van der Waals surface area contributed by atoms with E-state index in [4.69, 9.17) is 30.5 Å². The van der Waals surface area contributed by atoms with Gasteiger partial charge >= 0.3 is 12.1 Å². The average Bonchev–Trinajstić information content (AvgIpc) is 2.71. The van der Waals surface area contributed by atoms with Crippen LogP contribution in [0.3, 0.4) is 0 Å². The Labute approximate surface area is 182 Å². The van der Waals surface area contributed by atoms with Gasteiger partial charge in [0.05, 0.1) is 18.8 Å². The van der Waals surface area contributed by atoms with Gasteiger partial charge in [0.2, 0.25) is 5.88 Å². The fourth-order valence-corrected chi connectivity index (χ4v) is 2.54. The minimum absolute atomic E-state index is 0.180. The van der Waals surface area contributed by atoms with Gasteiger partial charge in [-0.2, -0.15) is 13.2 Å². The molecule has 0 unspecified atom stereocenters. The standard InChI is InChI=1S/C21H21ClF3NO5/c1-3-29-19(27)8-6-14-5-7-16(30-10-4-9-28-2)12-18(14)31-20-17(22)11-15(13-26-20)21(23,24)25/h5-8,11-13H,3-4,9-10H2,1-2H3/b8-6+. The van der Waals surface area contributed by atoms with Crippen LogP contribution in [0, 0.1) is 0 Å². The molecule has 0 aliphatic carbocycles. The van der Waals surface area contributed by atoms with Crippen molar-refractivity contribution in [3.63, 3.8) is 0 Å². The lowest BCUT2D eigenvalue weighted by Gasteiger charge is -2.13. The van der Waals surface area contributed by atoms with E-state index in [1.54, 1.807) is 26.2 Å². The van der Waals surface area contributed by atoms with Crippen LogP contribution in [0.5, 0.6) is 17.4 Å². The average molecular weight is 460 g/mol. The zero-order chi connectivity index (χ0) is 22.9. The second-order valence-corrected chi connectivity index (χ2v) is 6.50.